The Morgan fingerprint density at radius 2 is 1.62 bits per heavy atom. The minimum Gasteiger partial charge on any atom is -0.463 e. The molecule has 0 fully saturated rings. The summed E-state index contributed by atoms with van der Waals surface area (Å²) < 4.78 is 21.1. The second-order valence-corrected chi connectivity index (χ2v) is 4.13. The number of aromatic nitrogens is 3. The average molecular weight is 300 g/mol. The van der Waals surface area contributed by atoms with Gasteiger partial charge in [0.2, 0.25) is 5.95 Å². The summed E-state index contributed by atoms with van der Waals surface area (Å²) in [6.07, 6.45) is 1.74. The van der Waals surface area contributed by atoms with Crippen molar-refractivity contribution in [1.82, 2.24) is 15.0 Å². The van der Waals surface area contributed by atoms with Crippen LogP contribution < -0.4 is 14.8 Å². The van der Waals surface area contributed by atoms with Crippen molar-refractivity contribution in [3.8, 4) is 12.0 Å². The quantitative estimate of drug-likeness (QED) is 0.575. The molecule has 1 N–H and O–H groups in total. The molecule has 0 aliphatic rings. The molecule has 0 aliphatic carbocycles. The molecule has 0 unspecified atom stereocenters. The van der Waals surface area contributed by atoms with Crippen LogP contribution in [0.15, 0.2) is 0 Å². The van der Waals surface area contributed by atoms with Gasteiger partial charge in [-0.2, -0.15) is 9.97 Å². The molecule has 1 aromatic rings. The SMILES string of the molecule is CCCOc1nc(NC)nc(OCCOCCCOC)n1. The van der Waals surface area contributed by atoms with Crippen molar-refractivity contribution in [3.05, 3.63) is 0 Å². The van der Waals surface area contributed by atoms with Gasteiger partial charge in [-0.1, -0.05) is 6.92 Å². The zero-order valence-electron chi connectivity index (χ0n) is 12.9. The molecule has 0 spiro atoms. The van der Waals surface area contributed by atoms with Gasteiger partial charge in [-0.05, 0) is 12.8 Å². The summed E-state index contributed by atoms with van der Waals surface area (Å²) in [6.45, 7) is 4.73. The minimum atomic E-state index is 0.223. The maximum absolute atomic E-state index is 5.44. The van der Waals surface area contributed by atoms with Gasteiger partial charge in [0.15, 0.2) is 0 Å². The van der Waals surface area contributed by atoms with Gasteiger partial charge < -0.3 is 24.3 Å². The van der Waals surface area contributed by atoms with Crippen molar-refractivity contribution < 1.29 is 18.9 Å². The lowest BCUT2D eigenvalue weighted by Gasteiger charge is -2.08. The molecule has 1 aromatic heterocycles. The third-order valence-electron chi connectivity index (χ3n) is 2.35. The minimum absolute atomic E-state index is 0.223. The summed E-state index contributed by atoms with van der Waals surface area (Å²) in [5.74, 6) is 0.409. The Bertz CT molecular complexity index is 392. The molecule has 120 valence electrons. The molecule has 1 rings (SSSR count). The number of methoxy groups -OCH3 is 1. The lowest BCUT2D eigenvalue weighted by Crippen LogP contribution is -2.12. The number of ether oxygens (including phenoxy) is 4. The molecule has 21 heavy (non-hydrogen) atoms. The van der Waals surface area contributed by atoms with E-state index in [2.05, 4.69) is 20.3 Å². The fourth-order valence-corrected chi connectivity index (χ4v) is 1.37. The first-order chi connectivity index (χ1) is 10.3. The van der Waals surface area contributed by atoms with Crippen LogP contribution in [0.4, 0.5) is 5.95 Å². The summed E-state index contributed by atoms with van der Waals surface area (Å²) in [4.78, 5) is 12.3. The van der Waals surface area contributed by atoms with Crippen molar-refractivity contribution >= 4 is 5.95 Å². The van der Waals surface area contributed by atoms with E-state index in [0.717, 1.165) is 12.8 Å². The zero-order valence-corrected chi connectivity index (χ0v) is 12.9. The number of nitrogens with one attached hydrogen (secondary N) is 1. The van der Waals surface area contributed by atoms with E-state index in [1.54, 1.807) is 14.2 Å². The van der Waals surface area contributed by atoms with Gasteiger partial charge in [0, 0.05) is 27.4 Å². The first-order valence-electron chi connectivity index (χ1n) is 7.06. The van der Waals surface area contributed by atoms with Gasteiger partial charge in [-0.15, -0.1) is 4.98 Å². The summed E-state index contributed by atoms with van der Waals surface area (Å²) >= 11 is 0. The molecular formula is C13H24N4O4. The van der Waals surface area contributed by atoms with E-state index in [9.17, 15) is 0 Å². The van der Waals surface area contributed by atoms with Gasteiger partial charge in [-0.25, -0.2) is 0 Å². The standard InChI is InChI=1S/C13H24N4O4/c1-4-6-20-12-15-11(14-2)16-13(17-12)21-10-9-19-8-5-7-18-3/h4-10H2,1-3H3,(H,14,15,16,17). The normalized spacial score (nSPS) is 10.4. The van der Waals surface area contributed by atoms with Crippen molar-refractivity contribution in [3.63, 3.8) is 0 Å². The molecule has 0 atom stereocenters. The lowest BCUT2D eigenvalue weighted by molar-refractivity contribution is 0.0780. The second-order valence-electron chi connectivity index (χ2n) is 4.13. The number of hydrogen-bond acceptors (Lipinski definition) is 8. The fraction of sp³-hybridized carbons (Fsp3) is 0.769. The predicted molar refractivity (Wildman–Crippen MR) is 78.0 cm³/mol. The Hall–Kier alpha value is -1.67. The molecule has 0 bridgehead atoms. The Morgan fingerprint density at radius 1 is 0.905 bits per heavy atom. The van der Waals surface area contributed by atoms with E-state index in [1.807, 2.05) is 6.92 Å². The third kappa shape index (κ3) is 7.62. The zero-order chi connectivity index (χ0) is 15.3. The van der Waals surface area contributed by atoms with Gasteiger partial charge in [0.1, 0.15) is 6.61 Å². The predicted octanol–water partition coefficient (Wildman–Crippen LogP) is 1.13. The van der Waals surface area contributed by atoms with Crippen LogP contribution >= 0.6 is 0 Å². The van der Waals surface area contributed by atoms with Gasteiger partial charge in [0.05, 0.1) is 13.2 Å². The highest BCUT2D eigenvalue weighted by atomic mass is 16.5. The molecule has 8 nitrogen and oxygen atoms in total. The Labute approximate surface area is 125 Å². The van der Waals surface area contributed by atoms with Gasteiger partial charge >= 0.3 is 12.0 Å². The highest BCUT2D eigenvalue weighted by Crippen LogP contribution is 2.12. The molecule has 0 saturated carbocycles. The van der Waals surface area contributed by atoms with Crippen LogP contribution in [0.25, 0.3) is 0 Å². The molecule has 8 heteroatoms. The van der Waals surface area contributed by atoms with E-state index >= 15 is 0 Å². The first kappa shape index (κ1) is 17.4. The summed E-state index contributed by atoms with van der Waals surface area (Å²) in [5, 5.41) is 2.84. The van der Waals surface area contributed by atoms with Crippen LogP contribution in [0.1, 0.15) is 19.8 Å². The molecule has 0 saturated heterocycles. The highest BCUT2D eigenvalue weighted by Gasteiger charge is 2.07. The average Bonchev–Trinajstić information content (AvgIpc) is 2.51. The molecule has 1 heterocycles. The Balaban J connectivity index is 2.35. The van der Waals surface area contributed by atoms with Crippen molar-refractivity contribution in [2.45, 2.75) is 19.8 Å². The van der Waals surface area contributed by atoms with Crippen molar-refractivity contribution in [2.75, 3.05) is 52.5 Å². The highest BCUT2D eigenvalue weighted by molar-refractivity contribution is 5.26. The lowest BCUT2D eigenvalue weighted by atomic mass is 10.5. The smallest absolute Gasteiger partial charge is 0.324 e. The monoisotopic (exact) mass is 300 g/mol. The Kier molecular flexibility index (Phi) is 9.14. The van der Waals surface area contributed by atoms with Crippen LogP contribution in [-0.4, -0.2) is 62.1 Å². The van der Waals surface area contributed by atoms with Crippen molar-refractivity contribution in [1.29, 1.82) is 0 Å². The molecule has 0 radical (unpaired) electrons. The molecule has 0 aliphatic heterocycles. The molecule has 0 amide bonds. The number of hydrogen-bond donors (Lipinski definition) is 1. The van der Waals surface area contributed by atoms with Crippen LogP contribution in [0, 0.1) is 0 Å². The number of anilines is 1. The number of rotatable bonds is 12. The van der Waals surface area contributed by atoms with Crippen LogP contribution in [0.3, 0.4) is 0 Å². The summed E-state index contributed by atoms with van der Waals surface area (Å²) in [7, 11) is 3.39. The van der Waals surface area contributed by atoms with E-state index in [1.165, 1.54) is 0 Å². The maximum Gasteiger partial charge on any atom is 0.324 e. The summed E-state index contributed by atoms with van der Waals surface area (Å²) in [6, 6.07) is 0.480. The van der Waals surface area contributed by atoms with Crippen LogP contribution in [0.5, 0.6) is 12.0 Å². The maximum atomic E-state index is 5.44. The Morgan fingerprint density at radius 3 is 2.24 bits per heavy atom. The third-order valence-corrected chi connectivity index (χ3v) is 2.35. The van der Waals surface area contributed by atoms with E-state index in [4.69, 9.17) is 18.9 Å². The van der Waals surface area contributed by atoms with E-state index in [-0.39, 0.29) is 12.0 Å². The van der Waals surface area contributed by atoms with E-state index < -0.39 is 0 Å². The first-order valence-corrected chi connectivity index (χ1v) is 7.06. The van der Waals surface area contributed by atoms with Crippen LogP contribution in [0.2, 0.25) is 0 Å². The topological polar surface area (TPSA) is 87.6 Å². The fourth-order valence-electron chi connectivity index (χ4n) is 1.37. The van der Waals surface area contributed by atoms with Gasteiger partial charge in [0.25, 0.3) is 0 Å². The van der Waals surface area contributed by atoms with Gasteiger partial charge in [-0.3, -0.25) is 0 Å². The molecule has 0 aromatic carbocycles. The van der Waals surface area contributed by atoms with E-state index in [0.29, 0.717) is 39.0 Å². The number of nitrogens with zero attached hydrogens (tertiary/aromatic N) is 3. The van der Waals surface area contributed by atoms with Crippen molar-refractivity contribution in [2.24, 2.45) is 0 Å². The second kappa shape index (κ2) is 11.0. The molecular weight excluding hydrogens is 276 g/mol. The summed E-state index contributed by atoms with van der Waals surface area (Å²) in [5.41, 5.74) is 0. The van der Waals surface area contributed by atoms with Crippen LogP contribution in [-0.2, 0) is 9.47 Å². The largest absolute Gasteiger partial charge is 0.463 e.